The summed E-state index contributed by atoms with van der Waals surface area (Å²) in [6, 6.07) is 6.81. The van der Waals surface area contributed by atoms with Gasteiger partial charge in [-0.1, -0.05) is 24.6 Å². The van der Waals surface area contributed by atoms with Crippen molar-refractivity contribution in [2.24, 2.45) is 5.92 Å². The molecule has 2 unspecified atom stereocenters. The van der Waals surface area contributed by atoms with Crippen LogP contribution in [0.3, 0.4) is 0 Å². The van der Waals surface area contributed by atoms with Gasteiger partial charge in [-0.25, -0.2) is 0 Å². The molecule has 0 amide bonds. The van der Waals surface area contributed by atoms with Gasteiger partial charge < -0.3 is 10.1 Å². The smallest absolute Gasteiger partial charge is 0.124 e. The Kier molecular flexibility index (Phi) is 2.46. The van der Waals surface area contributed by atoms with E-state index in [0.717, 1.165) is 12.4 Å². The molecule has 1 aliphatic heterocycles. The zero-order chi connectivity index (χ0) is 10.1. The molecule has 0 aliphatic carbocycles. The summed E-state index contributed by atoms with van der Waals surface area (Å²) in [5.74, 6) is 1.57. The SMILES string of the molecule is CNC1c2cc(C)ccc2OCC1C. The number of fused-ring (bicyclic) bond motifs is 1. The molecule has 0 spiro atoms. The van der Waals surface area contributed by atoms with Crippen LogP contribution in [-0.2, 0) is 0 Å². The van der Waals surface area contributed by atoms with E-state index in [1.54, 1.807) is 0 Å². The molecule has 76 valence electrons. The first-order chi connectivity index (χ1) is 6.72. The molecule has 1 heterocycles. The minimum atomic E-state index is 0.429. The van der Waals surface area contributed by atoms with Crippen molar-refractivity contribution in [3.8, 4) is 5.75 Å². The molecule has 0 saturated carbocycles. The fraction of sp³-hybridized carbons (Fsp3) is 0.500. The number of aryl methyl sites for hydroxylation is 1. The highest BCUT2D eigenvalue weighted by Crippen LogP contribution is 2.35. The Morgan fingerprint density at radius 3 is 2.93 bits per heavy atom. The maximum Gasteiger partial charge on any atom is 0.124 e. The molecule has 0 aromatic heterocycles. The highest BCUT2D eigenvalue weighted by molar-refractivity contribution is 5.40. The molecule has 0 fully saturated rings. The van der Waals surface area contributed by atoms with E-state index >= 15 is 0 Å². The van der Waals surface area contributed by atoms with E-state index in [2.05, 4.69) is 37.4 Å². The second-order valence-electron chi connectivity index (χ2n) is 4.10. The van der Waals surface area contributed by atoms with Gasteiger partial charge in [-0.15, -0.1) is 0 Å². The molecule has 0 saturated heterocycles. The Labute approximate surface area is 85.3 Å². The summed E-state index contributed by atoms with van der Waals surface area (Å²) < 4.78 is 5.68. The lowest BCUT2D eigenvalue weighted by Crippen LogP contribution is -2.31. The van der Waals surface area contributed by atoms with Gasteiger partial charge in [0.05, 0.1) is 6.61 Å². The lowest BCUT2D eigenvalue weighted by Gasteiger charge is -2.31. The number of hydrogen-bond acceptors (Lipinski definition) is 2. The zero-order valence-corrected chi connectivity index (χ0v) is 9.00. The number of rotatable bonds is 1. The largest absolute Gasteiger partial charge is 0.493 e. The molecular formula is C12H17NO. The molecule has 2 atom stereocenters. The maximum absolute atomic E-state index is 5.68. The van der Waals surface area contributed by atoms with Gasteiger partial charge in [-0.05, 0) is 20.0 Å². The average molecular weight is 191 g/mol. The second kappa shape index (κ2) is 3.62. The summed E-state index contributed by atoms with van der Waals surface area (Å²) in [7, 11) is 2.01. The number of hydrogen-bond donors (Lipinski definition) is 1. The van der Waals surface area contributed by atoms with Crippen LogP contribution in [-0.4, -0.2) is 13.7 Å². The van der Waals surface area contributed by atoms with E-state index in [0.29, 0.717) is 12.0 Å². The van der Waals surface area contributed by atoms with E-state index in [1.165, 1.54) is 11.1 Å². The van der Waals surface area contributed by atoms with Crippen molar-refractivity contribution < 1.29 is 4.74 Å². The van der Waals surface area contributed by atoms with Crippen molar-refractivity contribution in [3.63, 3.8) is 0 Å². The number of benzene rings is 1. The third kappa shape index (κ3) is 1.50. The highest BCUT2D eigenvalue weighted by Gasteiger charge is 2.26. The van der Waals surface area contributed by atoms with Crippen molar-refractivity contribution in [2.75, 3.05) is 13.7 Å². The summed E-state index contributed by atoms with van der Waals surface area (Å²) in [6.07, 6.45) is 0. The molecule has 2 nitrogen and oxygen atoms in total. The van der Waals surface area contributed by atoms with Crippen molar-refractivity contribution in [3.05, 3.63) is 29.3 Å². The van der Waals surface area contributed by atoms with Crippen molar-refractivity contribution in [2.45, 2.75) is 19.9 Å². The fourth-order valence-electron chi connectivity index (χ4n) is 2.11. The van der Waals surface area contributed by atoms with Crippen molar-refractivity contribution in [1.29, 1.82) is 0 Å². The molecular weight excluding hydrogens is 174 g/mol. The quantitative estimate of drug-likeness (QED) is 0.735. The van der Waals surface area contributed by atoms with Gasteiger partial charge in [-0.2, -0.15) is 0 Å². The number of ether oxygens (including phenoxy) is 1. The van der Waals surface area contributed by atoms with E-state index in [9.17, 15) is 0 Å². The minimum absolute atomic E-state index is 0.429. The van der Waals surface area contributed by atoms with Crippen molar-refractivity contribution in [1.82, 2.24) is 5.32 Å². The van der Waals surface area contributed by atoms with Gasteiger partial charge in [0.2, 0.25) is 0 Å². The topological polar surface area (TPSA) is 21.3 Å². The Bertz CT molecular complexity index is 335. The Morgan fingerprint density at radius 2 is 2.21 bits per heavy atom. The van der Waals surface area contributed by atoms with Gasteiger partial charge in [-0.3, -0.25) is 0 Å². The van der Waals surface area contributed by atoms with Crippen LogP contribution in [0.25, 0.3) is 0 Å². The maximum atomic E-state index is 5.68. The van der Waals surface area contributed by atoms with Crippen LogP contribution in [0.2, 0.25) is 0 Å². The summed E-state index contributed by atoms with van der Waals surface area (Å²) in [5, 5.41) is 3.36. The first kappa shape index (κ1) is 9.53. The molecule has 0 radical (unpaired) electrons. The second-order valence-corrected chi connectivity index (χ2v) is 4.10. The summed E-state index contributed by atoms with van der Waals surface area (Å²) >= 11 is 0. The molecule has 1 N–H and O–H groups in total. The van der Waals surface area contributed by atoms with E-state index in [1.807, 2.05) is 7.05 Å². The van der Waals surface area contributed by atoms with E-state index in [-0.39, 0.29) is 0 Å². The fourth-order valence-corrected chi connectivity index (χ4v) is 2.11. The average Bonchev–Trinajstić information content (AvgIpc) is 2.17. The van der Waals surface area contributed by atoms with Crippen LogP contribution in [0.1, 0.15) is 24.1 Å². The number of nitrogens with one attached hydrogen (secondary N) is 1. The van der Waals surface area contributed by atoms with Crippen LogP contribution >= 0.6 is 0 Å². The summed E-state index contributed by atoms with van der Waals surface area (Å²) in [5.41, 5.74) is 2.59. The molecule has 1 aromatic rings. The summed E-state index contributed by atoms with van der Waals surface area (Å²) in [6.45, 7) is 5.14. The van der Waals surface area contributed by atoms with Gasteiger partial charge in [0.25, 0.3) is 0 Å². The predicted octanol–water partition coefficient (Wildman–Crippen LogP) is 2.28. The lowest BCUT2D eigenvalue weighted by atomic mass is 9.91. The first-order valence-corrected chi connectivity index (χ1v) is 5.13. The van der Waals surface area contributed by atoms with Gasteiger partial charge in [0, 0.05) is 17.5 Å². The highest BCUT2D eigenvalue weighted by atomic mass is 16.5. The third-order valence-corrected chi connectivity index (χ3v) is 2.88. The van der Waals surface area contributed by atoms with Crippen LogP contribution in [0.4, 0.5) is 0 Å². The third-order valence-electron chi connectivity index (χ3n) is 2.88. The monoisotopic (exact) mass is 191 g/mol. The predicted molar refractivity (Wildman–Crippen MR) is 57.6 cm³/mol. The van der Waals surface area contributed by atoms with E-state index < -0.39 is 0 Å². The molecule has 1 aliphatic rings. The van der Waals surface area contributed by atoms with Crippen LogP contribution in [0.5, 0.6) is 5.75 Å². The minimum Gasteiger partial charge on any atom is -0.493 e. The van der Waals surface area contributed by atoms with E-state index in [4.69, 9.17) is 4.74 Å². The molecule has 1 aromatic carbocycles. The summed E-state index contributed by atoms with van der Waals surface area (Å²) in [4.78, 5) is 0. The van der Waals surface area contributed by atoms with Crippen LogP contribution in [0.15, 0.2) is 18.2 Å². The van der Waals surface area contributed by atoms with Crippen molar-refractivity contribution >= 4 is 0 Å². The molecule has 2 heteroatoms. The normalized spacial score (nSPS) is 25.4. The van der Waals surface area contributed by atoms with Gasteiger partial charge in [0.15, 0.2) is 0 Å². The van der Waals surface area contributed by atoms with Crippen LogP contribution in [0, 0.1) is 12.8 Å². The lowest BCUT2D eigenvalue weighted by molar-refractivity contribution is 0.193. The molecule has 14 heavy (non-hydrogen) atoms. The van der Waals surface area contributed by atoms with Gasteiger partial charge in [0.1, 0.15) is 5.75 Å². The van der Waals surface area contributed by atoms with Gasteiger partial charge >= 0.3 is 0 Å². The Morgan fingerprint density at radius 1 is 1.43 bits per heavy atom. The molecule has 2 rings (SSSR count). The Balaban J connectivity index is 2.43. The zero-order valence-electron chi connectivity index (χ0n) is 9.00. The van der Waals surface area contributed by atoms with Crippen LogP contribution < -0.4 is 10.1 Å². The molecule has 0 bridgehead atoms. The standard InChI is InChI=1S/C12H17NO/c1-8-4-5-11-10(6-8)12(13-3)9(2)7-14-11/h4-6,9,12-13H,7H2,1-3H3. The Hall–Kier alpha value is -1.02. The first-order valence-electron chi connectivity index (χ1n) is 5.13.